The molecule has 0 atom stereocenters. The summed E-state index contributed by atoms with van der Waals surface area (Å²) in [6, 6.07) is 12.8. The van der Waals surface area contributed by atoms with E-state index in [1.54, 1.807) is 30.3 Å². The molecule has 2 rings (SSSR count). The Morgan fingerprint density at radius 2 is 1.39 bits per heavy atom. The molecule has 0 aliphatic rings. The van der Waals surface area contributed by atoms with Gasteiger partial charge >= 0.3 is 0 Å². The van der Waals surface area contributed by atoms with Crippen molar-refractivity contribution in [2.24, 2.45) is 0 Å². The monoisotopic (exact) mass is 282 g/mol. The van der Waals surface area contributed by atoms with Crippen LogP contribution in [0.4, 0.5) is 0 Å². The average molecular weight is 282 g/mol. The molecule has 0 amide bonds. The predicted molar refractivity (Wildman–Crippen MR) is 69.0 cm³/mol. The fraction of sp³-hybridized carbons (Fsp3) is 0. The van der Waals surface area contributed by atoms with Crippen molar-refractivity contribution in [1.82, 2.24) is 0 Å². The Balaban J connectivity index is 2.73. The van der Waals surface area contributed by atoms with Crippen molar-refractivity contribution >= 4 is 21.4 Å². The normalized spacial score (nSPS) is 11.0. The summed E-state index contributed by atoms with van der Waals surface area (Å²) in [5.41, 5.74) is 1.08. The zero-order chi connectivity index (χ0) is 13.1. The third kappa shape index (κ3) is 2.60. The summed E-state index contributed by atoms with van der Waals surface area (Å²) in [5, 5.41) is 0. The van der Waals surface area contributed by atoms with Gasteiger partial charge in [-0.2, -0.15) is 0 Å². The molecule has 0 saturated heterocycles. The molecule has 0 saturated carbocycles. The fourth-order valence-electron chi connectivity index (χ4n) is 1.65. The number of hydrogen-bond acceptors (Lipinski definition) is 4. The summed E-state index contributed by atoms with van der Waals surface area (Å²) >= 11 is 0. The molecule has 0 radical (unpaired) electrons. The topological polar surface area (TPSA) is 68.3 Å². The molecule has 2 aromatic carbocycles. The maximum absolute atomic E-state index is 11.2. The van der Waals surface area contributed by atoms with Crippen LogP contribution in [-0.2, 0) is 21.4 Å². The van der Waals surface area contributed by atoms with E-state index in [1.165, 1.54) is 18.2 Å². The van der Waals surface area contributed by atoms with E-state index < -0.39 is 21.4 Å². The largest absolute Gasteiger partial charge is 0.227 e. The smallest absolute Gasteiger partial charge is 0.168 e. The first kappa shape index (κ1) is 12.8. The molecule has 0 fully saturated rings. The van der Waals surface area contributed by atoms with Crippen LogP contribution in [0.2, 0.25) is 0 Å². The molecule has 4 nitrogen and oxygen atoms in total. The minimum Gasteiger partial charge on any atom is -0.227 e. The van der Waals surface area contributed by atoms with E-state index >= 15 is 0 Å². The molecule has 0 aromatic heterocycles. The molecular weight excluding hydrogens is 272 g/mol. The fourth-order valence-corrected chi connectivity index (χ4v) is 2.66. The Labute approximate surface area is 108 Å². The van der Waals surface area contributed by atoms with Gasteiger partial charge in [-0.1, -0.05) is 30.3 Å². The second kappa shape index (κ2) is 5.32. The molecule has 0 heterocycles. The van der Waals surface area contributed by atoms with Crippen LogP contribution < -0.4 is 0 Å². The molecule has 0 aliphatic carbocycles. The second-order valence-corrected chi connectivity index (χ2v) is 5.61. The van der Waals surface area contributed by atoms with Crippen LogP contribution in [0.1, 0.15) is 0 Å². The lowest BCUT2D eigenvalue weighted by molar-refractivity contribution is 0.611. The van der Waals surface area contributed by atoms with Gasteiger partial charge in [0.25, 0.3) is 0 Å². The molecule has 94 valence electrons. The number of hydrogen-bond donors (Lipinski definition) is 2. The van der Waals surface area contributed by atoms with Gasteiger partial charge in [0.2, 0.25) is 0 Å². The van der Waals surface area contributed by atoms with E-state index in [-0.39, 0.29) is 9.79 Å². The highest BCUT2D eigenvalue weighted by atomic mass is 32.2. The van der Waals surface area contributed by atoms with Gasteiger partial charge in [-0.15, -0.1) is 0 Å². The highest BCUT2D eigenvalue weighted by molar-refractivity contribution is 7.73. The lowest BCUT2D eigenvalue weighted by Gasteiger charge is -2.05. The summed E-state index contributed by atoms with van der Waals surface area (Å²) in [5.74, 6) is 0. The molecule has 0 unspecified atom stereocenters. The Hall–Kier alpha value is -1.66. The van der Waals surface area contributed by atoms with Gasteiger partial charge in [-0.25, -0.2) is 16.8 Å². The van der Waals surface area contributed by atoms with Crippen molar-refractivity contribution in [3.8, 4) is 11.1 Å². The first-order valence-corrected chi connectivity index (χ1v) is 7.43. The first-order chi connectivity index (χ1) is 8.59. The second-order valence-electron chi connectivity index (χ2n) is 3.58. The SMILES string of the molecule is O=[SH](=O)c1ccc([SH](=O)=O)c(-c2ccccc2)c1. The minimum atomic E-state index is -2.77. The zero-order valence-corrected chi connectivity index (χ0v) is 10.9. The molecule has 0 aliphatic heterocycles. The van der Waals surface area contributed by atoms with E-state index in [4.69, 9.17) is 0 Å². The average Bonchev–Trinajstić information content (AvgIpc) is 2.39. The predicted octanol–water partition coefficient (Wildman–Crippen LogP) is 1.29. The van der Waals surface area contributed by atoms with E-state index in [0.29, 0.717) is 11.1 Å². The Bertz CT molecular complexity index is 700. The Morgan fingerprint density at radius 3 is 1.94 bits per heavy atom. The minimum absolute atomic E-state index is 0.101. The van der Waals surface area contributed by atoms with Crippen LogP contribution in [0, 0.1) is 0 Å². The molecule has 0 N–H and O–H groups in total. The van der Waals surface area contributed by atoms with Gasteiger partial charge in [0.05, 0.1) is 9.79 Å². The van der Waals surface area contributed by atoms with Gasteiger partial charge in [0.15, 0.2) is 21.4 Å². The summed E-state index contributed by atoms with van der Waals surface area (Å²) in [6.07, 6.45) is 0. The molecule has 6 heteroatoms. The maximum Gasteiger partial charge on any atom is 0.168 e. The van der Waals surface area contributed by atoms with Crippen LogP contribution in [0.3, 0.4) is 0 Å². The van der Waals surface area contributed by atoms with Gasteiger partial charge < -0.3 is 0 Å². The van der Waals surface area contributed by atoms with E-state index in [1.807, 2.05) is 0 Å². The highest BCUT2D eigenvalue weighted by Gasteiger charge is 2.09. The van der Waals surface area contributed by atoms with E-state index in [9.17, 15) is 16.8 Å². The highest BCUT2D eigenvalue weighted by Crippen LogP contribution is 2.26. The number of thiol groups is 2. The van der Waals surface area contributed by atoms with Crippen LogP contribution in [0.5, 0.6) is 0 Å². The van der Waals surface area contributed by atoms with Crippen molar-refractivity contribution in [3.63, 3.8) is 0 Å². The van der Waals surface area contributed by atoms with Crippen molar-refractivity contribution in [2.45, 2.75) is 9.79 Å². The standard InChI is InChI=1S/C12H10O4S2/c13-17(14)10-6-7-12(18(15)16)11(8-10)9-4-2-1-3-5-9/h1-8,17-18H. The Morgan fingerprint density at radius 1 is 0.722 bits per heavy atom. The third-order valence-corrected chi connectivity index (χ3v) is 3.96. The first-order valence-electron chi connectivity index (χ1n) is 5.08. The van der Waals surface area contributed by atoms with Gasteiger partial charge in [-0.05, 0) is 23.8 Å². The number of benzene rings is 2. The van der Waals surface area contributed by atoms with Crippen LogP contribution in [-0.4, -0.2) is 16.8 Å². The molecular formula is C12H10O4S2. The molecule has 0 bridgehead atoms. The molecule has 2 aromatic rings. The van der Waals surface area contributed by atoms with Gasteiger partial charge in [0.1, 0.15) is 0 Å². The van der Waals surface area contributed by atoms with Crippen LogP contribution in [0.15, 0.2) is 58.3 Å². The van der Waals surface area contributed by atoms with Crippen LogP contribution >= 0.6 is 0 Å². The van der Waals surface area contributed by atoms with Gasteiger partial charge in [0, 0.05) is 5.56 Å². The van der Waals surface area contributed by atoms with Gasteiger partial charge in [-0.3, -0.25) is 0 Å². The van der Waals surface area contributed by atoms with Crippen molar-refractivity contribution in [2.75, 3.05) is 0 Å². The lowest BCUT2D eigenvalue weighted by Crippen LogP contribution is -1.90. The van der Waals surface area contributed by atoms with E-state index in [0.717, 1.165) is 0 Å². The van der Waals surface area contributed by atoms with Crippen molar-refractivity contribution in [1.29, 1.82) is 0 Å². The lowest BCUT2D eigenvalue weighted by atomic mass is 10.1. The molecule has 18 heavy (non-hydrogen) atoms. The summed E-state index contributed by atoms with van der Waals surface area (Å²) in [6.45, 7) is 0. The quantitative estimate of drug-likeness (QED) is 0.833. The maximum atomic E-state index is 11.2. The third-order valence-electron chi connectivity index (χ3n) is 2.47. The summed E-state index contributed by atoms with van der Waals surface area (Å²) in [4.78, 5) is 0.223. The van der Waals surface area contributed by atoms with Crippen molar-refractivity contribution < 1.29 is 16.8 Å². The molecule has 0 spiro atoms. The van der Waals surface area contributed by atoms with Crippen molar-refractivity contribution in [3.05, 3.63) is 48.5 Å². The summed E-state index contributed by atoms with van der Waals surface area (Å²) < 4.78 is 44.2. The zero-order valence-electron chi connectivity index (χ0n) is 9.15. The van der Waals surface area contributed by atoms with Crippen LogP contribution in [0.25, 0.3) is 11.1 Å². The summed E-state index contributed by atoms with van der Waals surface area (Å²) in [7, 11) is -5.50. The Kier molecular flexibility index (Phi) is 3.78. The number of rotatable bonds is 3. The van der Waals surface area contributed by atoms with E-state index in [2.05, 4.69) is 0 Å².